The number of nitrogen functional groups attached to an aromatic ring is 1. The van der Waals surface area contributed by atoms with Crippen LogP contribution in [0.4, 0.5) is 5.69 Å². The molecule has 0 bridgehead atoms. The van der Waals surface area contributed by atoms with Crippen molar-refractivity contribution in [3.8, 4) is 5.69 Å². The number of hydrogen-bond donors (Lipinski definition) is 1. The average Bonchev–Trinajstić information content (AvgIpc) is 2.85. The summed E-state index contributed by atoms with van der Waals surface area (Å²) in [5.74, 6) is 0.532. The largest absolute Gasteiger partial charge is 0.456 e. The van der Waals surface area contributed by atoms with E-state index in [0.717, 1.165) is 17.9 Å². The second-order valence-corrected chi connectivity index (χ2v) is 5.84. The van der Waals surface area contributed by atoms with E-state index in [1.165, 1.54) is 0 Å². The summed E-state index contributed by atoms with van der Waals surface area (Å²) in [7, 11) is 0. The van der Waals surface area contributed by atoms with Crippen LogP contribution in [0, 0.1) is 0 Å². The third-order valence-corrected chi connectivity index (χ3v) is 2.96. The molecule has 2 N–H and O–H groups in total. The zero-order valence-corrected chi connectivity index (χ0v) is 12.9. The maximum atomic E-state index is 12.2. The first-order valence-corrected chi connectivity index (χ1v) is 6.97. The molecule has 0 radical (unpaired) electrons. The van der Waals surface area contributed by atoms with Crippen LogP contribution in [-0.2, 0) is 11.2 Å². The van der Waals surface area contributed by atoms with E-state index in [1.54, 1.807) is 24.4 Å². The molecule has 5 heteroatoms. The number of carbonyl (C=O) groups is 1. The van der Waals surface area contributed by atoms with E-state index in [-0.39, 0.29) is 5.97 Å². The van der Waals surface area contributed by atoms with E-state index >= 15 is 0 Å². The average molecular weight is 287 g/mol. The highest BCUT2D eigenvalue weighted by Gasteiger charge is 2.19. The Morgan fingerprint density at radius 1 is 1.38 bits per heavy atom. The minimum atomic E-state index is -0.526. The molecular weight excluding hydrogens is 266 g/mol. The van der Waals surface area contributed by atoms with Crippen molar-refractivity contribution < 1.29 is 9.53 Å². The topological polar surface area (TPSA) is 70.1 Å². The first-order valence-electron chi connectivity index (χ1n) is 6.97. The van der Waals surface area contributed by atoms with Crippen molar-refractivity contribution in [3.63, 3.8) is 0 Å². The fraction of sp³-hybridized carbons (Fsp3) is 0.375. The van der Waals surface area contributed by atoms with Crippen LogP contribution in [0.1, 0.15) is 43.9 Å². The molecule has 21 heavy (non-hydrogen) atoms. The maximum Gasteiger partial charge on any atom is 0.338 e. The van der Waals surface area contributed by atoms with Crippen molar-refractivity contribution in [2.45, 2.75) is 39.7 Å². The molecule has 0 aliphatic carbocycles. The Morgan fingerprint density at radius 3 is 2.71 bits per heavy atom. The number of esters is 1. The number of aryl methyl sites for hydroxylation is 1. The molecule has 1 heterocycles. The third kappa shape index (κ3) is 3.42. The van der Waals surface area contributed by atoms with Gasteiger partial charge in [0.15, 0.2) is 0 Å². The highest BCUT2D eigenvalue weighted by molar-refractivity contribution is 5.91. The lowest BCUT2D eigenvalue weighted by molar-refractivity contribution is 0.00695. The Hall–Kier alpha value is -2.30. The minimum absolute atomic E-state index is 0.359. The van der Waals surface area contributed by atoms with Gasteiger partial charge in [0.05, 0.1) is 16.9 Å². The molecule has 0 fully saturated rings. The van der Waals surface area contributed by atoms with Crippen LogP contribution in [0.5, 0.6) is 0 Å². The summed E-state index contributed by atoms with van der Waals surface area (Å²) in [6.07, 6.45) is 4.34. The van der Waals surface area contributed by atoms with Gasteiger partial charge in [-0.2, -0.15) is 0 Å². The van der Waals surface area contributed by atoms with Crippen LogP contribution >= 0.6 is 0 Å². The van der Waals surface area contributed by atoms with Crippen molar-refractivity contribution >= 4 is 11.7 Å². The maximum absolute atomic E-state index is 12.2. The third-order valence-electron chi connectivity index (χ3n) is 2.96. The van der Waals surface area contributed by atoms with Gasteiger partial charge < -0.3 is 15.0 Å². The lowest BCUT2D eigenvalue weighted by Crippen LogP contribution is -2.24. The van der Waals surface area contributed by atoms with Crippen molar-refractivity contribution in [1.29, 1.82) is 0 Å². The molecule has 0 atom stereocenters. The van der Waals surface area contributed by atoms with Gasteiger partial charge >= 0.3 is 5.97 Å². The van der Waals surface area contributed by atoms with Crippen molar-refractivity contribution in [2.75, 3.05) is 5.73 Å². The molecule has 0 spiro atoms. The molecule has 112 valence electrons. The molecule has 1 aromatic heterocycles. The number of ether oxygens (including phenoxy) is 1. The number of hydrogen-bond acceptors (Lipinski definition) is 4. The van der Waals surface area contributed by atoms with Gasteiger partial charge in [-0.1, -0.05) is 6.92 Å². The number of aromatic nitrogens is 2. The highest BCUT2D eigenvalue weighted by atomic mass is 16.6. The van der Waals surface area contributed by atoms with Crippen LogP contribution in [0.25, 0.3) is 5.69 Å². The van der Waals surface area contributed by atoms with Gasteiger partial charge in [-0.25, -0.2) is 9.78 Å². The summed E-state index contributed by atoms with van der Waals surface area (Å²) >= 11 is 0. The predicted molar refractivity (Wildman–Crippen MR) is 82.5 cm³/mol. The Morgan fingerprint density at radius 2 is 2.10 bits per heavy atom. The summed E-state index contributed by atoms with van der Waals surface area (Å²) in [5.41, 5.74) is 7.32. The van der Waals surface area contributed by atoms with Crippen LogP contribution in [0.2, 0.25) is 0 Å². The Labute approximate surface area is 124 Å². The smallest absolute Gasteiger partial charge is 0.338 e. The molecule has 0 amide bonds. The van der Waals surface area contributed by atoms with Gasteiger partial charge in [0.25, 0.3) is 0 Å². The molecule has 0 aliphatic rings. The van der Waals surface area contributed by atoms with Gasteiger partial charge in [-0.05, 0) is 39.0 Å². The van der Waals surface area contributed by atoms with E-state index in [2.05, 4.69) is 4.98 Å². The molecule has 0 saturated heterocycles. The van der Waals surface area contributed by atoms with Gasteiger partial charge in [-0.3, -0.25) is 0 Å². The summed E-state index contributed by atoms with van der Waals surface area (Å²) < 4.78 is 7.28. The van der Waals surface area contributed by atoms with E-state index < -0.39 is 5.60 Å². The standard InChI is InChI=1S/C16H21N3O2/c1-5-14-18-8-9-19(14)13-10-11(6-7-12(13)17)15(20)21-16(2,3)4/h6-10H,5,17H2,1-4H3. The lowest BCUT2D eigenvalue weighted by Gasteiger charge is -2.20. The van der Waals surface area contributed by atoms with Crippen molar-refractivity contribution in [2.24, 2.45) is 0 Å². The normalized spacial score (nSPS) is 11.4. The van der Waals surface area contributed by atoms with Crippen LogP contribution in [0.15, 0.2) is 30.6 Å². The zero-order valence-electron chi connectivity index (χ0n) is 12.9. The van der Waals surface area contributed by atoms with Gasteiger partial charge in [0.1, 0.15) is 11.4 Å². The monoisotopic (exact) mass is 287 g/mol. The number of rotatable bonds is 3. The second kappa shape index (κ2) is 5.60. The lowest BCUT2D eigenvalue weighted by atomic mass is 10.1. The molecule has 1 aromatic carbocycles. The van der Waals surface area contributed by atoms with E-state index in [1.807, 2.05) is 38.5 Å². The SMILES string of the molecule is CCc1nccn1-c1cc(C(=O)OC(C)(C)C)ccc1N. The molecule has 0 unspecified atom stereocenters. The highest BCUT2D eigenvalue weighted by Crippen LogP contribution is 2.22. The van der Waals surface area contributed by atoms with Gasteiger partial charge in [0, 0.05) is 18.8 Å². The zero-order chi connectivity index (χ0) is 15.6. The number of imidazole rings is 1. The summed E-state index contributed by atoms with van der Waals surface area (Å²) in [6, 6.07) is 5.13. The number of carbonyl (C=O) groups excluding carboxylic acids is 1. The van der Waals surface area contributed by atoms with E-state index in [0.29, 0.717) is 11.3 Å². The molecular formula is C16H21N3O2. The van der Waals surface area contributed by atoms with E-state index in [9.17, 15) is 4.79 Å². The first kappa shape index (κ1) is 15.1. The predicted octanol–water partition coefficient (Wildman–Crippen LogP) is 2.97. The minimum Gasteiger partial charge on any atom is -0.456 e. The number of benzene rings is 1. The quantitative estimate of drug-likeness (QED) is 0.696. The molecule has 0 saturated carbocycles. The molecule has 0 aliphatic heterocycles. The number of nitrogens with two attached hydrogens (primary N) is 1. The van der Waals surface area contributed by atoms with Crippen molar-refractivity contribution in [1.82, 2.24) is 9.55 Å². The van der Waals surface area contributed by atoms with Gasteiger partial charge in [0.2, 0.25) is 0 Å². The first-order chi connectivity index (χ1) is 9.81. The number of anilines is 1. The van der Waals surface area contributed by atoms with Crippen LogP contribution in [0.3, 0.4) is 0 Å². The molecule has 5 nitrogen and oxygen atoms in total. The second-order valence-electron chi connectivity index (χ2n) is 5.84. The molecule has 2 aromatic rings. The van der Waals surface area contributed by atoms with Gasteiger partial charge in [-0.15, -0.1) is 0 Å². The van der Waals surface area contributed by atoms with E-state index in [4.69, 9.17) is 10.5 Å². The number of nitrogens with zero attached hydrogens (tertiary/aromatic N) is 2. The summed E-state index contributed by atoms with van der Waals surface area (Å²) in [4.78, 5) is 16.4. The fourth-order valence-corrected chi connectivity index (χ4v) is 2.03. The van der Waals surface area contributed by atoms with Crippen molar-refractivity contribution in [3.05, 3.63) is 42.0 Å². The summed E-state index contributed by atoms with van der Waals surface area (Å²) in [6.45, 7) is 7.54. The molecule has 2 rings (SSSR count). The summed E-state index contributed by atoms with van der Waals surface area (Å²) in [5, 5.41) is 0. The fourth-order valence-electron chi connectivity index (χ4n) is 2.03. The van der Waals surface area contributed by atoms with Crippen LogP contribution < -0.4 is 5.73 Å². The Kier molecular flexibility index (Phi) is 4.02. The Balaban J connectivity index is 2.41. The Bertz CT molecular complexity index is 654. The van der Waals surface area contributed by atoms with Crippen LogP contribution in [-0.4, -0.2) is 21.1 Å².